The summed E-state index contributed by atoms with van der Waals surface area (Å²) in [5, 5.41) is 19.4. The molecule has 0 fully saturated rings. The minimum atomic E-state index is 0.636. The third kappa shape index (κ3) is 2.54. The van der Waals surface area contributed by atoms with Gasteiger partial charge in [0.1, 0.15) is 6.07 Å². The molecule has 2 N–H and O–H groups in total. The van der Waals surface area contributed by atoms with Crippen LogP contribution in [-0.2, 0) is 6.54 Å². The zero-order valence-electron chi connectivity index (χ0n) is 10.2. The van der Waals surface area contributed by atoms with Crippen LogP contribution in [-0.4, -0.2) is 10.2 Å². The number of hydrogen-bond donors (Lipinski definition) is 2. The molecule has 0 unspecified atom stereocenters. The van der Waals surface area contributed by atoms with E-state index in [1.807, 2.05) is 26.0 Å². The Morgan fingerprint density at radius 3 is 2.83 bits per heavy atom. The van der Waals surface area contributed by atoms with Gasteiger partial charge in [0.15, 0.2) is 0 Å². The van der Waals surface area contributed by atoms with Crippen LogP contribution in [0.2, 0.25) is 0 Å². The van der Waals surface area contributed by atoms with E-state index in [4.69, 9.17) is 5.26 Å². The lowest BCUT2D eigenvalue weighted by Gasteiger charge is -2.09. The highest BCUT2D eigenvalue weighted by Crippen LogP contribution is 2.22. The average Bonchev–Trinajstić information content (AvgIpc) is 2.67. The van der Waals surface area contributed by atoms with Crippen LogP contribution in [0.5, 0.6) is 0 Å². The molecule has 92 valence electrons. The van der Waals surface area contributed by atoms with E-state index in [-0.39, 0.29) is 0 Å². The highest BCUT2D eigenvalue weighted by Gasteiger charge is 2.07. The molecule has 0 saturated carbocycles. The Bertz CT molecular complexity index is 590. The Morgan fingerprint density at radius 1 is 1.44 bits per heavy atom. The number of aromatic amines is 1. The molecule has 2 rings (SSSR count). The highest BCUT2D eigenvalue weighted by atomic mass is 79.9. The Kier molecular flexibility index (Phi) is 3.68. The third-order valence-corrected chi connectivity index (χ3v) is 3.33. The number of rotatable bonds is 3. The van der Waals surface area contributed by atoms with Gasteiger partial charge in [0.05, 0.1) is 16.9 Å². The van der Waals surface area contributed by atoms with Gasteiger partial charge in [0.25, 0.3) is 0 Å². The summed E-state index contributed by atoms with van der Waals surface area (Å²) in [7, 11) is 0. The first-order valence-electron chi connectivity index (χ1n) is 5.55. The maximum absolute atomic E-state index is 9.05. The van der Waals surface area contributed by atoms with Crippen molar-refractivity contribution in [1.29, 1.82) is 5.26 Å². The summed E-state index contributed by atoms with van der Waals surface area (Å²) in [6, 6.07) is 7.73. The number of benzene rings is 1. The molecule has 0 aliphatic rings. The summed E-state index contributed by atoms with van der Waals surface area (Å²) < 4.78 is 0.949. The lowest BCUT2D eigenvalue weighted by molar-refractivity contribution is 1.02. The van der Waals surface area contributed by atoms with Crippen molar-refractivity contribution in [2.45, 2.75) is 20.4 Å². The number of hydrogen-bond acceptors (Lipinski definition) is 3. The molecule has 1 aromatic heterocycles. The quantitative estimate of drug-likeness (QED) is 0.914. The van der Waals surface area contributed by atoms with Crippen molar-refractivity contribution in [3.05, 3.63) is 45.2 Å². The first-order valence-corrected chi connectivity index (χ1v) is 6.35. The number of nitrogens with one attached hydrogen (secondary N) is 2. The molecule has 1 aromatic carbocycles. The maximum Gasteiger partial charge on any atom is 0.101 e. The van der Waals surface area contributed by atoms with Gasteiger partial charge in [-0.3, -0.25) is 5.10 Å². The summed E-state index contributed by atoms with van der Waals surface area (Å²) in [5.74, 6) is 0. The Labute approximate surface area is 114 Å². The molecule has 0 amide bonds. The molecule has 0 aliphatic carbocycles. The lowest BCUT2D eigenvalue weighted by atomic mass is 10.1. The smallest absolute Gasteiger partial charge is 0.101 e. The molecule has 0 radical (unpaired) electrons. The Balaban J connectivity index is 2.21. The van der Waals surface area contributed by atoms with E-state index < -0.39 is 0 Å². The van der Waals surface area contributed by atoms with Crippen LogP contribution in [0.4, 0.5) is 5.69 Å². The fourth-order valence-corrected chi connectivity index (χ4v) is 2.14. The van der Waals surface area contributed by atoms with Crippen molar-refractivity contribution in [1.82, 2.24) is 10.2 Å². The van der Waals surface area contributed by atoms with Crippen LogP contribution < -0.4 is 5.32 Å². The van der Waals surface area contributed by atoms with E-state index in [1.54, 1.807) is 6.07 Å². The SMILES string of the molecule is Cc1n[nH]c(C)c1CNc1cc(Br)ccc1C#N. The van der Waals surface area contributed by atoms with Crippen LogP contribution in [0.1, 0.15) is 22.5 Å². The minimum Gasteiger partial charge on any atom is -0.380 e. The molecule has 18 heavy (non-hydrogen) atoms. The van der Waals surface area contributed by atoms with Gasteiger partial charge in [-0.2, -0.15) is 10.4 Å². The van der Waals surface area contributed by atoms with Gasteiger partial charge in [-0.1, -0.05) is 15.9 Å². The molecule has 0 atom stereocenters. The molecular weight excluding hydrogens is 292 g/mol. The maximum atomic E-state index is 9.05. The van der Waals surface area contributed by atoms with Gasteiger partial charge in [-0.05, 0) is 32.0 Å². The topological polar surface area (TPSA) is 64.5 Å². The van der Waals surface area contributed by atoms with E-state index in [0.717, 1.165) is 27.1 Å². The van der Waals surface area contributed by atoms with Crippen molar-refractivity contribution < 1.29 is 0 Å². The molecule has 4 nitrogen and oxygen atoms in total. The normalized spacial score (nSPS) is 10.1. The molecule has 2 aromatic rings. The third-order valence-electron chi connectivity index (χ3n) is 2.84. The van der Waals surface area contributed by atoms with Crippen molar-refractivity contribution >= 4 is 21.6 Å². The largest absolute Gasteiger partial charge is 0.380 e. The van der Waals surface area contributed by atoms with E-state index in [2.05, 4.69) is 37.5 Å². The summed E-state index contributed by atoms with van der Waals surface area (Å²) in [5.41, 5.74) is 4.63. The molecular formula is C13H13BrN4. The fourth-order valence-electron chi connectivity index (χ4n) is 1.78. The lowest BCUT2D eigenvalue weighted by Crippen LogP contribution is -2.03. The number of halogens is 1. The van der Waals surface area contributed by atoms with Crippen molar-refractivity contribution in [3.8, 4) is 6.07 Å². The second-order valence-electron chi connectivity index (χ2n) is 4.07. The van der Waals surface area contributed by atoms with Crippen LogP contribution in [0.25, 0.3) is 0 Å². The Morgan fingerprint density at radius 2 is 2.22 bits per heavy atom. The number of aryl methyl sites for hydroxylation is 2. The summed E-state index contributed by atoms with van der Waals surface area (Å²) >= 11 is 3.41. The predicted octanol–water partition coefficient (Wildman–Crippen LogP) is 3.27. The zero-order chi connectivity index (χ0) is 13.1. The number of nitrogens with zero attached hydrogens (tertiary/aromatic N) is 2. The first kappa shape index (κ1) is 12.7. The number of H-pyrrole nitrogens is 1. The van der Waals surface area contributed by atoms with Crippen molar-refractivity contribution in [3.63, 3.8) is 0 Å². The molecule has 0 saturated heterocycles. The predicted molar refractivity (Wildman–Crippen MR) is 74.2 cm³/mol. The van der Waals surface area contributed by atoms with Crippen molar-refractivity contribution in [2.24, 2.45) is 0 Å². The summed E-state index contributed by atoms with van der Waals surface area (Å²) in [6.45, 7) is 4.61. The van der Waals surface area contributed by atoms with Gasteiger partial charge in [-0.15, -0.1) is 0 Å². The molecule has 0 aliphatic heterocycles. The van der Waals surface area contributed by atoms with Crippen LogP contribution in [0.3, 0.4) is 0 Å². The molecule has 0 spiro atoms. The Hall–Kier alpha value is -1.80. The van der Waals surface area contributed by atoms with Gasteiger partial charge < -0.3 is 5.32 Å². The van der Waals surface area contributed by atoms with E-state index >= 15 is 0 Å². The number of anilines is 1. The monoisotopic (exact) mass is 304 g/mol. The van der Waals surface area contributed by atoms with Crippen LogP contribution >= 0.6 is 15.9 Å². The van der Waals surface area contributed by atoms with E-state index in [0.29, 0.717) is 12.1 Å². The van der Waals surface area contributed by atoms with E-state index in [9.17, 15) is 0 Å². The van der Waals surface area contributed by atoms with Gasteiger partial charge in [0.2, 0.25) is 0 Å². The minimum absolute atomic E-state index is 0.636. The first-order chi connectivity index (χ1) is 8.61. The average molecular weight is 305 g/mol. The van der Waals surface area contributed by atoms with E-state index in [1.165, 1.54) is 0 Å². The van der Waals surface area contributed by atoms with Crippen LogP contribution in [0, 0.1) is 25.2 Å². The molecule has 0 bridgehead atoms. The highest BCUT2D eigenvalue weighted by molar-refractivity contribution is 9.10. The molecule has 5 heteroatoms. The van der Waals surface area contributed by atoms with Crippen LogP contribution in [0.15, 0.2) is 22.7 Å². The second-order valence-corrected chi connectivity index (χ2v) is 4.98. The number of nitriles is 1. The summed E-state index contributed by atoms with van der Waals surface area (Å²) in [4.78, 5) is 0. The standard InChI is InChI=1S/C13H13BrN4/c1-8-12(9(2)18-17-8)7-16-13-5-11(14)4-3-10(13)6-15/h3-5,16H,7H2,1-2H3,(H,17,18). The fraction of sp³-hybridized carbons (Fsp3) is 0.231. The second kappa shape index (κ2) is 5.23. The van der Waals surface area contributed by atoms with Crippen molar-refractivity contribution in [2.75, 3.05) is 5.32 Å². The summed E-state index contributed by atoms with van der Waals surface area (Å²) in [6.07, 6.45) is 0. The van der Waals surface area contributed by atoms with Gasteiger partial charge in [-0.25, -0.2) is 0 Å². The molecule has 1 heterocycles. The zero-order valence-corrected chi connectivity index (χ0v) is 11.8. The number of aromatic nitrogens is 2. The van der Waals surface area contributed by atoms with Gasteiger partial charge >= 0.3 is 0 Å². The van der Waals surface area contributed by atoms with Gasteiger partial charge in [0, 0.05) is 22.3 Å².